The minimum absolute atomic E-state index is 0.613. The van der Waals surface area contributed by atoms with Gasteiger partial charge >= 0.3 is 0 Å². The van der Waals surface area contributed by atoms with Crippen molar-refractivity contribution in [3.05, 3.63) is 176 Å². The maximum atomic E-state index is 5.17. The van der Waals surface area contributed by atoms with Gasteiger partial charge in [0.1, 0.15) is 0 Å². The molecule has 0 aliphatic heterocycles. The van der Waals surface area contributed by atoms with Gasteiger partial charge in [-0.1, -0.05) is 146 Å². The van der Waals surface area contributed by atoms with E-state index in [1.807, 2.05) is 24.5 Å². The van der Waals surface area contributed by atoms with E-state index >= 15 is 0 Å². The van der Waals surface area contributed by atoms with E-state index in [4.69, 9.17) is 15.0 Å². The Kier molecular flexibility index (Phi) is 7.07. The van der Waals surface area contributed by atoms with Gasteiger partial charge in [-0.3, -0.25) is 9.97 Å². The summed E-state index contributed by atoms with van der Waals surface area (Å²) in [6.07, 6.45) is 3.69. The van der Waals surface area contributed by atoms with Gasteiger partial charge in [-0.25, -0.2) is 15.0 Å². The number of para-hydroxylation sites is 2. The third-order valence-corrected chi connectivity index (χ3v) is 9.82. The predicted molar refractivity (Wildman–Crippen MR) is 213 cm³/mol. The quantitative estimate of drug-likeness (QED) is 0.171. The highest BCUT2D eigenvalue weighted by atomic mass is 15.0. The minimum atomic E-state index is 0.613. The first-order valence-corrected chi connectivity index (χ1v) is 17.3. The molecule has 0 atom stereocenters. The van der Waals surface area contributed by atoms with Crippen molar-refractivity contribution < 1.29 is 0 Å². The molecule has 0 bridgehead atoms. The van der Waals surface area contributed by atoms with Gasteiger partial charge in [0.2, 0.25) is 0 Å². The Morgan fingerprint density at radius 1 is 0.288 bits per heavy atom. The maximum absolute atomic E-state index is 5.17. The van der Waals surface area contributed by atoms with Crippen LogP contribution in [0.5, 0.6) is 0 Å². The molecule has 52 heavy (non-hydrogen) atoms. The summed E-state index contributed by atoms with van der Waals surface area (Å²) in [6, 6.07) is 56.7. The van der Waals surface area contributed by atoms with E-state index in [2.05, 4.69) is 162 Å². The van der Waals surface area contributed by atoms with E-state index in [-0.39, 0.29) is 0 Å². The average molecular weight is 664 g/mol. The molecule has 0 fully saturated rings. The average Bonchev–Trinajstić information content (AvgIpc) is 3.23. The van der Waals surface area contributed by atoms with Gasteiger partial charge < -0.3 is 0 Å². The highest BCUT2D eigenvalue weighted by Gasteiger charge is 2.17. The summed E-state index contributed by atoms with van der Waals surface area (Å²) in [4.78, 5) is 24.8. The summed E-state index contributed by atoms with van der Waals surface area (Å²) in [6.45, 7) is 0. The van der Waals surface area contributed by atoms with Crippen LogP contribution in [0.15, 0.2) is 176 Å². The van der Waals surface area contributed by atoms with Gasteiger partial charge in [-0.2, -0.15) is 0 Å². The Morgan fingerprint density at radius 2 is 0.731 bits per heavy atom. The van der Waals surface area contributed by atoms with Crippen molar-refractivity contribution in [3.63, 3.8) is 0 Å². The van der Waals surface area contributed by atoms with Crippen LogP contribution in [-0.2, 0) is 0 Å². The molecule has 10 rings (SSSR count). The second-order valence-electron chi connectivity index (χ2n) is 12.9. The Labute approximate surface area is 300 Å². The van der Waals surface area contributed by atoms with Gasteiger partial charge in [0.25, 0.3) is 0 Å². The second kappa shape index (κ2) is 12.3. The molecule has 0 radical (unpaired) electrons. The third-order valence-electron chi connectivity index (χ3n) is 9.82. The Bertz CT molecular complexity index is 2800. The van der Waals surface area contributed by atoms with E-state index < -0.39 is 0 Å². The van der Waals surface area contributed by atoms with Gasteiger partial charge in [-0.15, -0.1) is 0 Å². The monoisotopic (exact) mass is 663 g/mol. The zero-order chi connectivity index (χ0) is 34.4. The summed E-state index contributed by atoms with van der Waals surface area (Å²) < 4.78 is 0. The zero-order valence-electron chi connectivity index (χ0n) is 28.0. The summed E-state index contributed by atoms with van der Waals surface area (Å²) >= 11 is 0. The van der Waals surface area contributed by atoms with E-state index in [0.717, 1.165) is 71.5 Å². The summed E-state index contributed by atoms with van der Waals surface area (Å²) in [7, 11) is 0. The Balaban J connectivity index is 1.13. The molecule has 0 aliphatic carbocycles. The Hall–Kier alpha value is -7.11. The van der Waals surface area contributed by atoms with Crippen molar-refractivity contribution in [1.82, 2.24) is 24.9 Å². The lowest BCUT2D eigenvalue weighted by Gasteiger charge is -2.13. The van der Waals surface area contributed by atoms with E-state index in [9.17, 15) is 0 Å². The number of pyridine rings is 2. The number of fused-ring (bicyclic) bond motifs is 5. The van der Waals surface area contributed by atoms with E-state index in [1.165, 1.54) is 10.8 Å². The smallest absolute Gasteiger partial charge is 0.164 e. The normalized spacial score (nSPS) is 11.5. The molecule has 0 N–H and O–H groups in total. The summed E-state index contributed by atoms with van der Waals surface area (Å²) in [5, 5.41) is 6.83. The molecule has 242 valence electrons. The lowest BCUT2D eigenvalue weighted by atomic mass is 9.96. The van der Waals surface area contributed by atoms with Gasteiger partial charge in [0.05, 0.1) is 11.0 Å². The highest BCUT2D eigenvalue weighted by Crippen LogP contribution is 2.36. The van der Waals surface area contributed by atoms with Crippen molar-refractivity contribution in [2.45, 2.75) is 0 Å². The standard InChI is InChI=1S/C47H29N5/c1-2-14-37-36(9-1)29-42(41-16-4-3-15-40(37)41)47-51-45(34-23-19-30(20-24-34)38-17-5-10-32-12-7-27-48-43(32)38)50-46(52-47)35-25-21-31(22-26-35)39-18-6-11-33-13-8-28-49-44(33)39/h1-29H. The van der Waals surface area contributed by atoms with Crippen molar-refractivity contribution in [2.24, 2.45) is 0 Å². The van der Waals surface area contributed by atoms with Crippen molar-refractivity contribution in [2.75, 3.05) is 0 Å². The molecule has 0 spiro atoms. The highest BCUT2D eigenvalue weighted by molar-refractivity contribution is 6.13. The predicted octanol–water partition coefficient (Wildman–Crippen LogP) is 11.6. The van der Waals surface area contributed by atoms with Crippen LogP contribution in [0.3, 0.4) is 0 Å². The van der Waals surface area contributed by atoms with Crippen molar-refractivity contribution in [1.29, 1.82) is 0 Å². The van der Waals surface area contributed by atoms with E-state index in [1.54, 1.807) is 0 Å². The number of benzene rings is 7. The van der Waals surface area contributed by atoms with Crippen LogP contribution in [0.4, 0.5) is 0 Å². The molecule has 5 nitrogen and oxygen atoms in total. The molecule has 5 heteroatoms. The lowest BCUT2D eigenvalue weighted by Crippen LogP contribution is -2.01. The molecule has 10 aromatic rings. The van der Waals surface area contributed by atoms with Crippen LogP contribution >= 0.6 is 0 Å². The van der Waals surface area contributed by atoms with Crippen LogP contribution in [0.25, 0.3) is 99.8 Å². The Morgan fingerprint density at radius 3 is 1.31 bits per heavy atom. The third kappa shape index (κ3) is 5.15. The topological polar surface area (TPSA) is 64.5 Å². The first-order chi connectivity index (χ1) is 25.8. The molecule has 0 saturated carbocycles. The molecular formula is C47H29N5. The fraction of sp³-hybridized carbons (Fsp3) is 0. The van der Waals surface area contributed by atoms with Crippen LogP contribution < -0.4 is 0 Å². The fourth-order valence-electron chi connectivity index (χ4n) is 7.27. The molecule has 3 heterocycles. The molecule has 0 saturated heterocycles. The van der Waals surface area contributed by atoms with Crippen LogP contribution in [0.1, 0.15) is 0 Å². The minimum Gasteiger partial charge on any atom is -0.256 e. The molecule has 0 unspecified atom stereocenters. The van der Waals surface area contributed by atoms with Crippen LogP contribution in [0, 0.1) is 0 Å². The van der Waals surface area contributed by atoms with Gasteiger partial charge in [0, 0.05) is 51.0 Å². The second-order valence-corrected chi connectivity index (χ2v) is 12.9. The van der Waals surface area contributed by atoms with Crippen LogP contribution in [0.2, 0.25) is 0 Å². The molecule has 0 aliphatic rings. The van der Waals surface area contributed by atoms with Gasteiger partial charge in [0.15, 0.2) is 17.5 Å². The van der Waals surface area contributed by atoms with Gasteiger partial charge in [-0.05, 0) is 50.9 Å². The van der Waals surface area contributed by atoms with Crippen LogP contribution in [-0.4, -0.2) is 24.9 Å². The largest absolute Gasteiger partial charge is 0.256 e. The molecular weight excluding hydrogens is 635 g/mol. The SMILES string of the molecule is c1cnc2c(-c3ccc(-c4nc(-c5ccc(-c6cccc7cccnc67)cc5)nc(-c5cc6ccccc6c6ccccc56)n4)cc3)cccc2c1. The molecule has 7 aromatic carbocycles. The number of nitrogens with zero attached hydrogens (tertiary/aromatic N) is 5. The summed E-state index contributed by atoms with van der Waals surface area (Å²) in [5.74, 6) is 1.86. The van der Waals surface area contributed by atoms with Crippen molar-refractivity contribution >= 4 is 43.4 Å². The zero-order valence-corrected chi connectivity index (χ0v) is 28.0. The number of aromatic nitrogens is 5. The lowest BCUT2D eigenvalue weighted by molar-refractivity contribution is 1.08. The first-order valence-electron chi connectivity index (χ1n) is 17.3. The number of hydrogen-bond acceptors (Lipinski definition) is 5. The van der Waals surface area contributed by atoms with Crippen molar-refractivity contribution in [3.8, 4) is 56.4 Å². The number of rotatable bonds is 5. The van der Waals surface area contributed by atoms with E-state index in [0.29, 0.717) is 17.5 Å². The molecule has 0 amide bonds. The summed E-state index contributed by atoms with van der Waals surface area (Å²) in [5.41, 5.74) is 9.09. The first kappa shape index (κ1) is 29.8. The maximum Gasteiger partial charge on any atom is 0.164 e. The molecule has 3 aromatic heterocycles. The fourth-order valence-corrected chi connectivity index (χ4v) is 7.27. The number of hydrogen-bond donors (Lipinski definition) is 0.